The van der Waals surface area contributed by atoms with E-state index in [0.717, 1.165) is 11.3 Å². The fraction of sp³-hybridized carbons (Fsp3) is 0.267. The molecule has 0 aliphatic heterocycles. The molecule has 0 amide bonds. The third kappa shape index (κ3) is 3.37. The smallest absolute Gasteiger partial charge is 0.337 e. The van der Waals surface area contributed by atoms with Gasteiger partial charge in [0.1, 0.15) is 5.76 Å². The molecule has 1 atom stereocenters. The van der Waals surface area contributed by atoms with E-state index in [0.29, 0.717) is 17.7 Å². The Bertz CT molecular complexity index is 561. The zero-order chi connectivity index (χ0) is 13.8. The molecule has 1 aromatic heterocycles. The first kappa shape index (κ1) is 13.2. The third-order valence-corrected chi connectivity index (χ3v) is 2.89. The van der Waals surface area contributed by atoms with Gasteiger partial charge in [0.2, 0.25) is 0 Å². The van der Waals surface area contributed by atoms with E-state index in [9.17, 15) is 9.90 Å². The Morgan fingerprint density at radius 1 is 1.42 bits per heavy atom. The molecule has 19 heavy (non-hydrogen) atoms. The normalized spacial score (nSPS) is 12.1. The van der Waals surface area contributed by atoms with Gasteiger partial charge in [0.15, 0.2) is 0 Å². The lowest BCUT2D eigenvalue weighted by atomic mass is 10.1. The van der Waals surface area contributed by atoms with Crippen molar-refractivity contribution in [1.82, 2.24) is 0 Å². The van der Waals surface area contributed by atoms with Gasteiger partial charge in [-0.2, -0.15) is 0 Å². The number of aromatic carboxylic acids is 1. The molecule has 1 aromatic carbocycles. The Labute approximate surface area is 112 Å². The van der Waals surface area contributed by atoms with Crippen LogP contribution in [0.2, 0.25) is 0 Å². The molecule has 0 saturated carbocycles. The summed E-state index contributed by atoms with van der Waals surface area (Å²) in [5.74, 6) is -0.0413. The first-order valence-electron chi connectivity index (χ1n) is 6.19. The molecule has 4 nitrogen and oxygen atoms in total. The maximum absolute atomic E-state index is 11.2. The molecule has 0 aliphatic rings. The number of hydrogen-bond acceptors (Lipinski definition) is 3. The van der Waals surface area contributed by atoms with Crippen molar-refractivity contribution in [1.29, 1.82) is 0 Å². The topological polar surface area (TPSA) is 62.5 Å². The summed E-state index contributed by atoms with van der Waals surface area (Å²) in [5.41, 5.74) is 1.87. The van der Waals surface area contributed by atoms with Crippen molar-refractivity contribution in [3.63, 3.8) is 0 Å². The van der Waals surface area contributed by atoms with Gasteiger partial charge < -0.3 is 14.8 Å². The third-order valence-electron chi connectivity index (χ3n) is 2.89. The molecule has 0 fully saturated rings. The minimum absolute atomic E-state index is 0.0898. The molecule has 100 valence electrons. The van der Waals surface area contributed by atoms with E-state index in [1.807, 2.05) is 32.0 Å². The molecule has 1 heterocycles. The van der Waals surface area contributed by atoms with Crippen LogP contribution in [0.4, 0.5) is 5.69 Å². The van der Waals surface area contributed by atoms with Gasteiger partial charge >= 0.3 is 5.97 Å². The predicted octanol–water partition coefficient (Wildman–Crippen LogP) is 3.33. The van der Waals surface area contributed by atoms with Crippen molar-refractivity contribution in [2.24, 2.45) is 0 Å². The molecule has 0 bridgehead atoms. The predicted molar refractivity (Wildman–Crippen MR) is 73.6 cm³/mol. The Morgan fingerprint density at radius 2 is 2.21 bits per heavy atom. The van der Waals surface area contributed by atoms with Gasteiger partial charge in [-0.05, 0) is 38.1 Å². The fourth-order valence-electron chi connectivity index (χ4n) is 2.01. The maximum atomic E-state index is 11.2. The minimum atomic E-state index is -0.920. The van der Waals surface area contributed by atoms with Gasteiger partial charge in [-0.15, -0.1) is 0 Å². The molecule has 2 rings (SSSR count). The standard InChI is InChI=1S/C15H17NO3/c1-10-5-6-14(13(8-10)15(17)18)16-11(2)9-12-4-3-7-19-12/h3-8,11,16H,9H2,1-2H3,(H,17,18). The Morgan fingerprint density at radius 3 is 2.84 bits per heavy atom. The zero-order valence-corrected chi connectivity index (χ0v) is 11.0. The van der Waals surface area contributed by atoms with Crippen molar-refractivity contribution in [2.45, 2.75) is 26.3 Å². The lowest BCUT2D eigenvalue weighted by Gasteiger charge is -2.16. The number of carbonyl (C=O) groups is 1. The summed E-state index contributed by atoms with van der Waals surface area (Å²) in [6.45, 7) is 3.87. The highest BCUT2D eigenvalue weighted by atomic mass is 16.4. The van der Waals surface area contributed by atoms with Crippen molar-refractivity contribution < 1.29 is 14.3 Å². The molecule has 0 spiro atoms. The van der Waals surface area contributed by atoms with Crippen molar-refractivity contribution in [3.05, 3.63) is 53.5 Å². The van der Waals surface area contributed by atoms with Gasteiger partial charge in [-0.25, -0.2) is 4.79 Å². The monoisotopic (exact) mass is 259 g/mol. The molecule has 4 heteroatoms. The van der Waals surface area contributed by atoms with Crippen LogP contribution in [-0.2, 0) is 6.42 Å². The first-order valence-corrected chi connectivity index (χ1v) is 6.19. The summed E-state index contributed by atoms with van der Waals surface area (Å²) in [6, 6.07) is 9.21. The van der Waals surface area contributed by atoms with Crippen LogP contribution in [0.3, 0.4) is 0 Å². The highest BCUT2D eigenvalue weighted by Crippen LogP contribution is 2.19. The van der Waals surface area contributed by atoms with E-state index < -0.39 is 5.97 Å². The van der Waals surface area contributed by atoms with E-state index >= 15 is 0 Å². The molecule has 2 aromatic rings. The van der Waals surface area contributed by atoms with E-state index in [4.69, 9.17) is 4.42 Å². The number of carboxylic acids is 1. The number of furan rings is 1. The summed E-state index contributed by atoms with van der Waals surface area (Å²) in [7, 11) is 0. The van der Waals surface area contributed by atoms with Gasteiger partial charge in [0.05, 0.1) is 11.8 Å². The second-order valence-corrected chi connectivity index (χ2v) is 4.68. The quantitative estimate of drug-likeness (QED) is 0.864. The van der Waals surface area contributed by atoms with E-state index in [2.05, 4.69) is 5.32 Å². The lowest BCUT2D eigenvalue weighted by molar-refractivity contribution is 0.0698. The van der Waals surface area contributed by atoms with Crippen LogP contribution in [0.25, 0.3) is 0 Å². The van der Waals surface area contributed by atoms with E-state index in [-0.39, 0.29) is 6.04 Å². The summed E-state index contributed by atoms with van der Waals surface area (Å²) in [5, 5.41) is 12.4. The largest absolute Gasteiger partial charge is 0.478 e. The molecule has 1 unspecified atom stereocenters. The first-order chi connectivity index (χ1) is 9.06. The number of hydrogen-bond donors (Lipinski definition) is 2. The van der Waals surface area contributed by atoms with Crippen LogP contribution in [0.5, 0.6) is 0 Å². The summed E-state index contributed by atoms with van der Waals surface area (Å²) in [6.07, 6.45) is 2.34. The van der Waals surface area contributed by atoms with Crippen LogP contribution >= 0.6 is 0 Å². The second-order valence-electron chi connectivity index (χ2n) is 4.68. The number of nitrogens with one attached hydrogen (secondary N) is 1. The van der Waals surface area contributed by atoms with Gasteiger partial charge in [0.25, 0.3) is 0 Å². The average molecular weight is 259 g/mol. The Kier molecular flexibility index (Phi) is 3.90. The van der Waals surface area contributed by atoms with Gasteiger partial charge in [-0.1, -0.05) is 11.6 Å². The number of rotatable bonds is 5. The molecular formula is C15H17NO3. The van der Waals surface area contributed by atoms with Crippen LogP contribution in [-0.4, -0.2) is 17.1 Å². The van der Waals surface area contributed by atoms with E-state index in [1.165, 1.54) is 0 Å². The van der Waals surface area contributed by atoms with Crippen LogP contribution in [0.15, 0.2) is 41.0 Å². The summed E-state index contributed by atoms with van der Waals surface area (Å²) >= 11 is 0. The number of carboxylic acid groups (broad SMARTS) is 1. The van der Waals surface area contributed by atoms with Crippen molar-refractivity contribution in [3.8, 4) is 0 Å². The molecule has 0 aliphatic carbocycles. The molecule has 0 radical (unpaired) electrons. The summed E-state index contributed by atoms with van der Waals surface area (Å²) < 4.78 is 5.28. The molecule has 2 N–H and O–H groups in total. The average Bonchev–Trinajstić information content (AvgIpc) is 2.83. The SMILES string of the molecule is Cc1ccc(NC(C)Cc2ccco2)c(C(=O)O)c1. The van der Waals surface area contributed by atoms with Crippen LogP contribution in [0, 0.1) is 6.92 Å². The van der Waals surface area contributed by atoms with E-state index in [1.54, 1.807) is 18.4 Å². The maximum Gasteiger partial charge on any atom is 0.337 e. The van der Waals surface area contributed by atoms with Crippen LogP contribution in [0.1, 0.15) is 28.6 Å². The second kappa shape index (κ2) is 5.61. The Hall–Kier alpha value is -2.23. The number of anilines is 1. The number of aryl methyl sites for hydroxylation is 1. The van der Waals surface area contributed by atoms with Crippen molar-refractivity contribution in [2.75, 3.05) is 5.32 Å². The highest BCUT2D eigenvalue weighted by Gasteiger charge is 2.13. The summed E-state index contributed by atoms with van der Waals surface area (Å²) in [4.78, 5) is 11.2. The Balaban J connectivity index is 2.12. The minimum Gasteiger partial charge on any atom is -0.478 e. The van der Waals surface area contributed by atoms with Crippen molar-refractivity contribution >= 4 is 11.7 Å². The lowest BCUT2D eigenvalue weighted by Crippen LogP contribution is -2.19. The molecule has 0 saturated heterocycles. The highest BCUT2D eigenvalue weighted by molar-refractivity contribution is 5.94. The number of benzene rings is 1. The van der Waals surface area contributed by atoms with Crippen LogP contribution < -0.4 is 5.32 Å². The fourth-order valence-corrected chi connectivity index (χ4v) is 2.01. The molecular weight excluding hydrogens is 242 g/mol. The van der Waals surface area contributed by atoms with Gasteiger partial charge in [0, 0.05) is 18.2 Å². The van der Waals surface area contributed by atoms with Gasteiger partial charge in [-0.3, -0.25) is 0 Å². The zero-order valence-electron chi connectivity index (χ0n) is 11.0.